The predicted octanol–water partition coefficient (Wildman–Crippen LogP) is 0.912. The van der Waals surface area contributed by atoms with Crippen LogP contribution in [0.4, 0.5) is 5.69 Å². The summed E-state index contributed by atoms with van der Waals surface area (Å²) in [6, 6.07) is 5.03. The number of carboxylic acids is 1. The van der Waals surface area contributed by atoms with Crippen molar-refractivity contribution in [2.75, 3.05) is 5.32 Å². The number of hydrogen-bond donors (Lipinski definition) is 4. The van der Waals surface area contributed by atoms with Crippen LogP contribution >= 0.6 is 0 Å². The van der Waals surface area contributed by atoms with Crippen LogP contribution in [-0.4, -0.2) is 42.9 Å². The molecule has 0 fully saturated rings. The fraction of sp³-hybridized carbons (Fsp3) is 0. The SMILES string of the molecule is O=C(O)/C=C\C(=O)Nc1cc(S(=O)(=O)O)cc2cc(S(=O)(=O)O)ccc12. The van der Waals surface area contributed by atoms with E-state index in [4.69, 9.17) is 9.66 Å². The normalized spacial score (nSPS) is 12.4. The van der Waals surface area contributed by atoms with Crippen molar-refractivity contribution in [1.82, 2.24) is 0 Å². The van der Waals surface area contributed by atoms with E-state index in [0.29, 0.717) is 12.2 Å². The molecular weight excluding hydrogens is 390 g/mol. The van der Waals surface area contributed by atoms with Gasteiger partial charge in [-0.25, -0.2) is 4.79 Å². The topological polar surface area (TPSA) is 175 Å². The van der Waals surface area contributed by atoms with Crippen molar-refractivity contribution in [2.24, 2.45) is 0 Å². The van der Waals surface area contributed by atoms with Gasteiger partial charge >= 0.3 is 5.97 Å². The highest BCUT2D eigenvalue weighted by molar-refractivity contribution is 7.86. The Hall–Kier alpha value is -2.80. The van der Waals surface area contributed by atoms with Crippen LogP contribution in [0.15, 0.2) is 52.3 Å². The molecule has 0 unspecified atom stereocenters. The van der Waals surface area contributed by atoms with E-state index in [2.05, 4.69) is 5.32 Å². The lowest BCUT2D eigenvalue weighted by molar-refractivity contribution is -0.131. The van der Waals surface area contributed by atoms with E-state index in [-0.39, 0.29) is 16.5 Å². The zero-order valence-corrected chi connectivity index (χ0v) is 14.3. The van der Waals surface area contributed by atoms with E-state index in [1.54, 1.807) is 0 Å². The zero-order valence-electron chi connectivity index (χ0n) is 12.6. The van der Waals surface area contributed by atoms with Crippen LogP contribution < -0.4 is 5.32 Å². The Morgan fingerprint density at radius 3 is 2.00 bits per heavy atom. The Balaban J connectivity index is 2.67. The quantitative estimate of drug-likeness (QED) is 0.419. The van der Waals surface area contributed by atoms with E-state index in [9.17, 15) is 31.0 Å². The van der Waals surface area contributed by atoms with Crippen LogP contribution in [0.1, 0.15) is 0 Å². The second-order valence-electron chi connectivity index (χ2n) is 4.96. The highest BCUT2D eigenvalue weighted by Crippen LogP contribution is 2.30. The highest BCUT2D eigenvalue weighted by atomic mass is 32.2. The third-order valence-corrected chi connectivity index (χ3v) is 4.81. The smallest absolute Gasteiger partial charge is 0.328 e. The van der Waals surface area contributed by atoms with Crippen molar-refractivity contribution < 1.29 is 40.6 Å². The number of carboxylic acid groups (broad SMARTS) is 1. The van der Waals surface area contributed by atoms with Crippen molar-refractivity contribution in [2.45, 2.75) is 9.79 Å². The van der Waals surface area contributed by atoms with Crippen LogP contribution in [0.2, 0.25) is 0 Å². The minimum atomic E-state index is -4.70. The molecule has 0 saturated heterocycles. The lowest BCUT2D eigenvalue weighted by atomic mass is 10.1. The number of carbonyl (C=O) groups is 2. The molecule has 0 aliphatic carbocycles. The third kappa shape index (κ3) is 4.64. The Bertz CT molecular complexity index is 1140. The maximum absolute atomic E-state index is 11.7. The molecule has 0 aliphatic rings. The summed E-state index contributed by atoms with van der Waals surface area (Å²) < 4.78 is 63.5. The van der Waals surface area contributed by atoms with Gasteiger partial charge in [-0.2, -0.15) is 16.8 Å². The maximum atomic E-state index is 11.7. The molecular formula is C14H11NO9S2. The largest absolute Gasteiger partial charge is 0.478 e. The Kier molecular flexibility index (Phi) is 5.13. The molecule has 4 N–H and O–H groups in total. The first-order valence-electron chi connectivity index (χ1n) is 6.63. The van der Waals surface area contributed by atoms with Gasteiger partial charge in [-0.1, -0.05) is 6.07 Å². The molecule has 138 valence electrons. The number of fused-ring (bicyclic) bond motifs is 1. The molecule has 2 aromatic rings. The third-order valence-electron chi connectivity index (χ3n) is 3.13. The van der Waals surface area contributed by atoms with Crippen LogP contribution in [0.25, 0.3) is 10.8 Å². The van der Waals surface area contributed by atoms with Gasteiger partial charge in [0.25, 0.3) is 20.2 Å². The molecule has 0 aromatic heterocycles. The Labute approximate surface area is 147 Å². The average Bonchev–Trinajstić information content (AvgIpc) is 2.50. The van der Waals surface area contributed by atoms with Crippen molar-refractivity contribution in [3.05, 3.63) is 42.5 Å². The van der Waals surface area contributed by atoms with Gasteiger partial charge in [0.05, 0.1) is 15.5 Å². The zero-order chi connectivity index (χ0) is 19.7. The monoisotopic (exact) mass is 401 g/mol. The number of carbonyl (C=O) groups excluding carboxylic acids is 1. The lowest BCUT2D eigenvalue weighted by Crippen LogP contribution is -2.10. The van der Waals surface area contributed by atoms with Gasteiger partial charge in [-0.05, 0) is 29.7 Å². The van der Waals surface area contributed by atoms with Crippen molar-refractivity contribution in [1.29, 1.82) is 0 Å². The summed E-state index contributed by atoms with van der Waals surface area (Å²) in [4.78, 5) is 21.0. The molecule has 0 atom stereocenters. The fourth-order valence-electron chi connectivity index (χ4n) is 2.05. The number of nitrogens with one attached hydrogen (secondary N) is 1. The van der Waals surface area contributed by atoms with Crippen LogP contribution in [0.3, 0.4) is 0 Å². The molecule has 1 amide bonds. The van der Waals surface area contributed by atoms with E-state index >= 15 is 0 Å². The molecule has 2 rings (SSSR count). The molecule has 12 heteroatoms. The number of amides is 1. The molecule has 0 aliphatic heterocycles. The molecule has 2 aromatic carbocycles. The van der Waals surface area contributed by atoms with Gasteiger partial charge < -0.3 is 10.4 Å². The number of aliphatic carboxylic acids is 1. The molecule has 0 heterocycles. The summed E-state index contributed by atoms with van der Waals surface area (Å²) in [7, 11) is -9.27. The predicted molar refractivity (Wildman–Crippen MR) is 89.0 cm³/mol. The van der Waals surface area contributed by atoms with Crippen LogP contribution in [0, 0.1) is 0 Å². The number of rotatable bonds is 5. The summed E-state index contributed by atoms with van der Waals surface area (Å²) in [5.41, 5.74) is -0.128. The second kappa shape index (κ2) is 6.84. The summed E-state index contributed by atoms with van der Waals surface area (Å²) in [5.74, 6) is -2.28. The first-order valence-corrected chi connectivity index (χ1v) is 9.51. The van der Waals surface area contributed by atoms with E-state index in [0.717, 1.165) is 24.3 Å². The van der Waals surface area contributed by atoms with Crippen LogP contribution in [-0.2, 0) is 29.8 Å². The van der Waals surface area contributed by atoms with Crippen molar-refractivity contribution in [3.63, 3.8) is 0 Å². The number of anilines is 1. The standard InChI is InChI=1S/C14H11NO9S2/c16-13(3-4-14(17)18)15-12-7-10(26(22,23)24)6-8-5-9(25(19,20)21)1-2-11(8)12/h1-7H,(H,15,16)(H,17,18)(H,19,20,21)(H,22,23,24)/b4-3-. The van der Waals surface area contributed by atoms with Gasteiger partial charge in [-0.15, -0.1) is 0 Å². The molecule has 0 saturated carbocycles. The van der Waals surface area contributed by atoms with Crippen molar-refractivity contribution in [3.8, 4) is 0 Å². The second-order valence-corrected chi connectivity index (χ2v) is 7.81. The summed E-state index contributed by atoms with van der Waals surface area (Å²) >= 11 is 0. The fourth-order valence-corrected chi connectivity index (χ4v) is 3.11. The lowest BCUT2D eigenvalue weighted by Gasteiger charge is -2.10. The first-order chi connectivity index (χ1) is 11.9. The minimum absolute atomic E-state index is 0.0206. The van der Waals surface area contributed by atoms with Gasteiger partial charge in [-0.3, -0.25) is 13.9 Å². The number of hydrogen-bond acceptors (Lipinski definition) is 6. The highest BCUT2D eigenvalue weighted by Gasteiger charge is 2.17. The van der Waals surface area contributed by atoms with E-state index < -0.39 is 41.9 Å². The number of benzene rings is 2. The van der Waals surface area contributed by atoms with Crippen LogP contribution in [0.5, 0.6) is 0 Å². The first kappa shape index (κ1) is 19.5. The molecule has 10 nitrogen and oxygen atoms in total. The van der Waals surface area contributed by atoms with Gasteiger partial charge in [0, 0.05) is 17.5 Å². The van der Waals surface area contributed by atoms with E-state index in [1.807, 2.05) is 0 Å². The maximum Gasteiger partial charge on any atom is 0.328 e. The molecule has 0 bridgehead atoms. The Morgan fingerprint density at radius 2 is 1.46 bits per heavy atom. The molecule has 0 spiro atoms. The van der Waals surface area contributed by atoms with Crippen molar-refractivity contribution >= 4 is 48.6 Å². The van der Waals surface area contributed by atoms with Gasteiger partial charge in [0.2, 0.25) is 5.91 Å². The van der Waals surface area contributed by atoms with E-state index in [1.165, 1.54) is 6.07 Å². The minimum Gasteiger partial charge on any atom is -0.478 e. The summed E-state index contributed by atoms with van der Waals surface area (Å²) in [5, 5.41) is 10.9. The molecule has 0 radical (unpaired) electrons. The average molecular weight is 401 g/mol. The molecule has 26 heavy (non-hydrogen) atoms. The summed E-state index contributed by atoms with van der Waals surface area (Å²) in [6.45, 7) is 0. The van der Waals surface area contributed by atoms with Gasteiger partial charge in [0.15, 0.2) is 0 Å². The Morgan fingerprint density at radius 1 is 0.885 bits per heavy atom. The van der Waals surface area contributed by atoms with Gasteiger partial charge in [0.1, 0.15) is 0 Å². The summed E-state index contributed by atoms with van der Waals surface area (Å²) in [6.07, 6.45) is 1.24.